The van der Waals surface area contributed by atoms with Crippen molar-refractivity contribution in [1.82, 2.24) is 14.5 Å². The van der Waals surface area contributed by atoms with Crippen molar-refractivity contribution in [2.45, 2.75) is 110 Å². The molecular weight excluding hydrogens is 570 g/mol. The molecule has 0 bridgehead atoms. The predicted molar refractivity (Wildman–Crippen MR) is 176 cm³/mol. The fourth-order valence-electron chi connectivity index (χ4n) is 5.64. The molecule has 1 N–H and O–H groups in total. The van der Waals surface area contributed by atoms with Gasteiger partial charge < -0.3 is 24.3 Å². The number of nitrogens with zero attached hydrogens (tertiary/aromatic N) is 4. The van der Waals surface area contributed by atoms with Crippen LogP contribution in [0.15, 0.2) is 30.5 Å². The number of nitrogens with one attached hydrogen (secondary N) is 1. The summed E-state index contributed by atoms with van der Waals surface area (Å²) in [6, 6.07) is 9.39. The summed E-state index contributed by atoms with van der Waals surface area (Å²) in [6.07, 6.45) is 10.8. The second-order valence-corrected chi connectivity index (χ2v) is 19.8. The van der Waals surface area contributed by atoms with E-state index in [9.17, 15) is 14.9 Å². The van der Waals surface area contributed by atoms with Crippen LogP contribution >= 0.6 is 0 Å². The zero-order valence-corrected chi connectivity index (χ0v) is 28.4. The minimum absolute atomic E-state index is 0.161. The first-order valence-corrected chi connectivity index (χ1v) is 19.7. The van der Waals surface area contributed by atoms with Gasteiger partial charge in [0.05, 0.1) is 0 Å². The van der Waals surface area contributed by atoms with Gasteiger partial charge in [-0.15, -0.1) is 0 Å². The van der Waals surface area contributed by atoms with E-state index < -0.39 is 13.7 Å². The molecule has 0 unspecified atom stereocenters. The lowest BCUT2D eigenvalue weighted by Crippen LogP contribution is -2.41. The van der Waals surface area contributed by atoms with Crippen molar-refractivity contribution in [2.24, 2.45) is 0 Å². The molecule has 238 valence electrons. The molecule has 9 nitrogen and oxygen atoms in total. The maximum atomic E-state index is 13.6. The number of piperidine rings is 1. The van der Waals surface area contributed by atoms with Gasteiger partial charge >= 0.3 is 6.09 Å². The predicted octanol–water partition coefficient (Wildman–Crippen LogP) is 7.78. The molecule has 1 aromatic heterocycles. The van der Waals surface area contributed by atoms with Crippen LogP contribution in [-0.4, -0.2) is 59.8 Å². The van der Waals surface area contributed by atoms with E-state index in [1.54, 1.807) is 15.7 Å². The molecule has 1 aliphatic heterocycles. The molecule has 1 aromatic carbocycles. The molecule has 2 amide bonds. The average molecular weight is 620 g/mol. The van der Waals surface area contributed by atoms with Crippen LogP contribution in [0.1, 0.15) is 99.1 Å². The van der Waals surface area contributed by atoms with Crippen molar-refractivity contribution in [3.05, 3.63) is 53.1 Å². The van der Waals surface area contributed by atoms with Crippen molar-refractivity contribution in [3.8, 4) is 6.07 Å². The number of allylic oxidation sites excluding steroid dienone is 2. The number of amides is 2. The second-order valence-electron chi connectivity index (χ2n) is 14.2. The molecule has 2 aliphatic rings. The molecule has 0 saturated carbocycles. The van der Waals surface area contributed by atoms with Crippen molar-refractivity contribution < 1.29 is 19.1 Å². The number of aromatic nitrogens is 2. The number of carbonyl (C=O) groups is 2. The number of nitriles is 1. The molecule has 4 rings (SSSR count). The number of hydrogen-bond acceptors (Lipinski definition) is 6. The first kappa shape index (κ1) is 33.5. The summed E-state index contributed by atoms with van der Waals surface area (Å²) >= 11 is 0. The number of carbonyl (C=O) groups excluding carboxylic acids is 2. The third kappa shape index (κ3) is 9.54. The summed E-state index contributed by atoms with van der Waals surface area (Å²) < 4.78 is 13.1. The largest absolute Gasteiger partial charge is 0.444 e. The van der Waals surface area contributed by atoms with Gasteiger partial charge in [-0.3, -0.25) is 4.79 Å². The van der Waals surface area contributed by atoms with E-state index in [0.717, 1.165) is 49.4 Å². The van der Waals surface area contributed by atoms with Crippen LogP contribution in [0.4, 0.5) is 10.5 Å². The Hall–Kier alpha value is -3.42. The Balaban J connectivity index is 1.53. The van der Waals surface area contributed by atoms with E-state index in [1.165, 1.54) is 24.0 Å². The summed E-state index contributed by atoms with van der Waals surface area (Å²) in [5.41, 5.74) is 3.92. The van der Waals surface area contributed by atoms with Gasteiger partial charge in [-0.25, -0.2) is 9.78 Å². The lowest BCUT2D eigenvalue weighted by atomic mass is 9.86. The highest BCUT2D eigenvalue weighted by Crippen LogP contribution is 2.36. The average Bonchev–Trinajstić information content (AvgIpc) is 3.19. The highest BCUT2D eigenvalue weighted by molar-refractivity contribution is 6.76. The van der Waals surface area contributed by atoms with Gasteiger partial charge in [-0.2, -0.15) is 5.26 Å². The normalized spacial score (nSPS) is 16.6. The highest BCUT2D eigenvalue weighted by atomic mass is 28.3. The number of ether oxygens (including phenoxy) is 2. The van der Waals surface area contributed by atoms with Gasteiger partial charge in [-0.05, 0) is 94.5 Å². The molecule has 10 heteroatoms. The number of hydrogen-bond donors (Lipinski definition) is 1. The van der Waals surface area contributed by atoms with E-state index in [0.29, 0.717) is 25.6 Å². The summed E-state index contributed by atoms with van der Waals surface area (Å²) in [4.78, 5) is 32.3. The molecule has 2 aromatic rings. The Morgan fingerprint density at radius 1 is 1.14 bits per heavy atom. The fraction of sp³-hybridized carbons (Fsp3) is 0.588. The maximum Gasteiger partial charge on any atom is 0.410 e. The minimum atomic E-state index is -1.25. The number of imidazole rings is 1. The minimum Gasteiger partial charge on any atom is -0.444 e. The molecule has 1 fully saturated rings. The van der Waals surface area contributed by atoms with Gasteiger partial charge in [0.15, 0.2) is 5.69 Å². The Labute approximate surface area is 263 Å². The molecule has 0 radical (unpaired) electrons. The summed E-state index contributed by atoms with van der Waals surface area (Å²) in [5, 5.41) is 12.6. The second kappa shape index (κ2) is 14.6. The Kier molecular flexibility index (Phi) is 11.1. The zero-order valence-electron chi connectivity index (χ0n) is 27.4. The summed E-state index contributed by atoms with van der Waals surface area (Å²) in [5.74, 6) is 0.108. The molecule has 0 atom stereocenters. The van der Waals surface area contributed by atoms with E-state index in [-0.39, 0.29) is 30.2 Å². The quantitative estimate of drug-likeness (QED) is 0.227. The van der Waals surface area contributed by atoms with Crippen LogP contribution in [0.2, 0.25) is 25.7 Å². The first-order valence-electron chi connectivity index (χ1n) is 16.0. The number of anilines is 1. The van der Waals surface area contributed by atoms with Crippen LogP contribution in [0, 0.1) is 11.3 Å². The van der Waals surface area contributed by atoms with Crippen molar-refractivity contribution in [3.63, 3.8) is 0 Å². The summed E-state index contributed by atoms with van der Waals surface area (Å²) in [7, 11) is -1.25. The molecule has 44 heavy (non-hydrogen) atoms. The highest BCUT2D eigenvalue weighted by Gasteiger charge is 2.28. The van der Waals surface area contributed by atoms with E-state index >= 15 is 0 Å². The number of likely N-dealkylation sites (tertiary alicyclic amines) is 1. The fourth-order valence-corrected chi connectivity index (χ4v) is 6.40. The monoisotopic (exact) mass is 619 g/mol. The Bertz CT molecular complexity index is 1390. The lowest BCUT2D eigenvalue weighted by Gasteiger charge is -2.34. The van der Waals surface area contributed by atoms with Gasteiger partial charge in [0, 0.05) is 45.2 Å². The molecular formula is C34H49N5O4Si. The third-order valence-electron chi connectivity index (χ3n) is 8.12. The van der Waals surface area contributed by atoms with E-state index in [2.05, 4.69) is 54.2 Å². The lowest BCUT2D eigenvalue weighted by molar-refractivity contribution is 0.0204. The van der Waals surface area contributed by atoms with Gasteiger partial charge in [0.25, 0.3) is 5.91 Å². The van der Waals surface area contributed by atoms with E-state index in [1.807, 2.05) is 26.8 Å². The van der Waals surface area contributed by atoms with Crippen molar-refractivity contribution in [1.29, 1.82) is 5.26 Å². The van der Waals surface area contributed by atoms with Gasteiger partial charge in [0.1, 0.15) is 18.4 Å². The summed E-state index contributed by atoms with van der Waals surface area (Å²) in [6.45, 7) is 14.6. The van der Waals surface area contributed by atoms with Gasteiger partial charge in [0.2, 0.25) is 5.82 Å². The Morgan fingerprint density at radius 3 is 2.57 bits per heavy atom. The standard InChI is InChI=1S/C34H49N5O4Si/c1-34(2,3)43-33(41)38-17-15-25(16-18-38)27-13-14-30(29(21-27)26-11-9-7-8-10-12-26)37-32(40)31-36-28(22-35)23-39(31)24-42-19-20-44(4,5)6/h11,13-14,21,23,25H,7-10,12,15-20,24H2,1-6H3,(H,37,40). The van der Waals surface area contributed by atoms with Crippen LogP contribution < -0.4 is 5.32 Å². The van der Waals surface area contributed by atoms with Crippen molar-refractivity contribution >= 4 is 31.3 Å². The van der Waals surface area contributed by atoms with E-state index in [4.69, 9.17) is 9.47 Å². The molecule has 0 spiro atoms. The number of benzene rings is 1. The number of rotatable bonds is 9. The first-order chi connectivity index (χ1) is 20.8. The van der Waals surface area contributed by atoms with Crippen LogP contribution in [-0.2, 0) is 16.2 Å². The smallest absolute Gasteiger partial charge is 0.410 e. The van der Waals surface area contributed by atoms with Crippen LogP contribution in [0.25, 0.3) is 5.57 Å². The molecule has 2 heterocycles. The zero-order chi connectivity index (χ0) is 31.9. The maximum absolute atomic E-state index is 13.6. The molecule has 1 aliphatic carbocycles. The third-order valence-corrected chi connectivity index (χ3v) is 9.82. The van der Waals surface area contributed by atoms with Crippen molar-refractivity contribution in [2.75, 3.05) is 25.0 Å². The topological polar surface area (TPSA) is 109 Å². The Morgan fingerprint density at radius 2 is 1.89 bits per heavy atom. The van der Waals surface area contributed by atoms with Crippen LogP contribution in [0.3, 0.4) is 0 Å². The van der Waals surface area contributed by atoms with Gasteiger partial charge in [-0.1, -0.05) is 38.2 Å². The molecule has 1 saturated heterocycles. The van der Waals surface area contributed by atoms with Crippen LogP contribution in [0.5, 0.6) is 0 Å². The SMILES string of the molecule is CC(C)(C)OC(=O)N1CCC(c2ccc(NC(=O)c3nc(C#N)cn3COCC[Si](C)(C)C)c(C3=CCCCCC3)c2)CC1.